The average Bonchev–Trinajstić information content (AvgIpc) is 3.13. The summed E-state index contributed by atoms with van der Waals surface area (Å²) < 4.78 is 43.2. The number of carbonyl (C=O) groups is 3. The van der Waals surface area contributed by atoms with Crippen molar-refractivity contribution in [2.75, 3.05) is 18.4 Å². The Balaban J connectivity index is 1.80. The van der Waals surface area contributed by atoms with Crippen molar-refractivity contribution in [2.24, 2.45) is 0 Å². The second-order valence-electron chi connectivity index (χ2n) is 5.18. The minimum Gasteiger partial charge on any atom is -0.459 e. The van der Waals surface area contributed by atoms with Crippen LogP contribution in [0.3, 0.4) is 0 Å². The number of amides is 3. The van der Waals surface area contributed by atoms with Gasteiger partial charge in [0.1, 0.15) is 0 Å². The van der Waals surface area contributed by atoms with Gasteiger partial charge in [0.2, 0.25) is 11.8 Å². The van der Waals surface area contributed by atoms with Crippen LogP contribution in [0.15, 0.2) is 41.0 Å². The number of rotatable bonds is 6. The molecule has 27 heavy (non-hydrogen) atoms. The molecule has 0 aliphatic heterocycles. The fourth-order valence-corrected chi connectivity index (χ4v) is 2.15. The Morgan fingerprint density at radius 2 is 1.74 bits per heavy atom. The lowest BCUT2D eigenvalue weighted by atomic mass is 10.2. The Labute approximate surface area is 155 Å². The second-order valence-corrected chi connectivity index (χ2v) is 5.58. The molecule has 2 aromatic rings. The van der Waals surface area contributed by atoms with Crippen LogP contribution >= 0.6 is 11.6 Å². The lowest BCUT2D eigenvalue weighted by Crippen LogP contribution is -2.40. The standard InChI is InChI=1S/C16H13ClF3N3O4/c17-11-4-3-9(6-10(11)16(18,19)20)23-14(25)8-21-13(24)7-22-15(26)12-2-1-5-27-12/h1-6H,7-8H2,(H,21,24)(H,22,26)(H,23,25). The minimum atomic E-state index is -4.67. The topological polar surface area (TPSA) is 100 Å². The summed E-state index contributed by atoms with van der Waals surface area (Å²) in [6.45, 7) is -0.911. The lowest BCUT2D eigenvalue weighted by molar-refractivity contribution is -0.137. The molecule has 7 nitrogen and oxygen atoms in total. The summed E-state index contributed by atoms with van der Waals surface area (Å²) >= 11 is 5.49. The van der Waals surface area contributed by atoms with Gasteiger partial charge < -0.3 is 20.4 Å². The number of alkyl halides is 3. The molecule has 0 unspecified atom stereocenters. The van der Waals surface area contributed by atoms with E-state index in [9.17, 15) is 27.6 Å². The number of furan rings is 1. The van der Waals surface area contributed by atoms with Gasteiger partial charge in [-0.1, -0.05) is 11.6 Å². The van der Waals surface area contributed by atoms with E-state index in [1.807, 2.05) is 0 Å². The van der Waals surface area contributed by atoms with Crippen molar-refractivity contribution in [1.29, 1.82) is 0 Å². The number of nitrogens with one attached hydrogen (secondary N) is 3. The molecule has 1 aromatic heterocycles. The van der Waals surface area contributed by atoms with E-state index in [2.05, 4.69) is 16.0 Å². The molecule has 3 amide bonds. The largest absolute Gasteiger partial charge is 0.459 e. The molecule has 2 rings (SSSR count). The molecule has 0 aliphatic carbocycles. The highest BCUT2D eigenvalue weighted by Crippen LogP contribution is 2.36. The normalized spacial score (nSPS) is 11.0. The molecule has 1 aromatic carbocycles. The number of benzene rings is 1. The molecule has 0 bridgehead atoms. The highest BCUT2D eigenvalue weighted by Gasteiger charge is 2.33. The molecular formula is C16H13ClF3N3O4. The van der Waals surface area contributed by atoms with Gasteiger partial charge in [0.05, 0.1) is 29.9 Å². The van der Waals surface area contributed by atoms with Crippen LogP contribution in [0.2, 0.25) is 5.02 Å². The molecule has 11 heteroatoms. The number of carbonyl (C=O) groups excluding carboxylic acids is 3. The SMILES string of the molecule is O=C(CNC(=O)c1ccco1)NCC(=O)Nc1ccc(Cl)c(C(F)(F)F)c1. The van der Waals surface area contributed by atoms with Crippen LogP contribution in [0.25, 0.3) is 0 Å². The zero-order valence-electron chi connectivity index (χ0n) is 13.5. The molecule has 0 radical (unpaired) electrons. The van der Waals surface area contributed by atoms with Crippen LogP contribution < -0.4 is 16.0 Å². The van der Waals surface area contributed by atoms with E-state index in [0.29, 0.717) is 6.07 Å². The zero-order valence-corrected chi connectivity index (χ0v) is 14.3. The van der Waals surface area contributed by atoms with Gasteiger partial charge >= 0.3 is 6.18 Å². The summed E-state index contributed by atoms with van der Waals surface area (Å²) in [6, 6.07) is 5.79. The van der Waals surface area contributed by atoms with Crippen molar-refractivity contribution in [2.45, 2.75) is 6.18 Å². The highest BCUT2D eigenvalue weighted by atomic mass is 35.5. The van der Waals surface area contributed by atoms with Gasteiger partial charge in [-0.15, -0.1) is 0 Å². The predicted molar refractivity (Wildman–Crippen MR) is 89.1 cm³/mol. The van der Waals surface area contributed by atoms with Crippen molar-refractivity contribution < 1.29 is 32.0 Å². The Hall–Kier alpha value is -3.01. The van der Waals surface area contributed by atoms with Crippen molar-refractivity contribution in [1.82, 2.24) is 10.6 Å². The summed E-state index contributed by atoms with van der Waals surface area (Å²) in [4.78, 5) is 34.9. The van der Waals surface area contributed by atoms with E-state index < -0.39 is 47.6 Å². The van der Waals surface area contributed by atoms with E-state index in [1.54, 1.807) is 0 Å². The van der Waals surface area contributed by atoms with Crippen LogP contribution in [-0.2, 0) is 15.8 Å². The number of halogens is 4. The first kappa shape index (κ1) is 20.3. The first-order valence-electron chi connectivity index (χ1n) is 7.42. The molecule has 1 heterocycles. The van der Waals surface area contributed by atoms with Crippen LogP contribution in [0.1, 0.15) is 16.1 Å². The third-order valence-corrected chi connectivity index (χ3v) is 3.49. The van der Waals surface area contributed by atoms with Crippen molar-refractivity contribution in [3.8, 4) is 0 Å². The van der Waals surface area contributed by atoms with Gasteiger partial charge in [-0.05, 0) is 30.3 Å². The van der Waals surface area contributed by atoms with Crippen molar-refractivity contribution in [3.63, 3.8) is 0 Å². The monoisotopic (exact) mass is 403 g/mol. The molecule has 0 fully saturated rings. The summed E-state index contributed by atoms with van der Waals surface area (Å²) in [5.41, 5.74) is -1.22. The van der Waals surface area contributed by atoms with Gasteiger partial charge in [0.15, 0.2) is 5.76 Å². The van der Waals surface area contributed by atoms with E-state index in [-0.39, 0.29) is 11.4 Å². The highest BCUT2D eigenvalue weighted by molar-refractivity contribution is 6.31. The first-order valence-corrected chi connectivity index (χ1v) is 7.79. The molecule has 0 aliphatic rings. The molecule has 0 saturated heterocycles. The van der Waals surface area contributed by atoms with Gasteiger partial charge in [0, 0.05) is 5.69 Å². The van der Waals surface area contributed by atoms with E-state index in [0.717, 1.165) is 6.07 Å². The quantitative estimate of drug-likeness (QED) is 0.689. The molecule has 0 saturated carbocycles. The average molecular weight is 404 g/mol. The fourth-order valence-electron chi connectivity index (χ4n) is 1.92. The maximum Gasteiger partial charge on any atom is 0.417 e. The molecular weight excluding hydrogens is 391 g/mol. The van der Waals surface area contributed by atoms with Gasteiger partial charge in [-0.3, -0.25) is 14.4 Å². The molecule has 144 valence electrons. The number of hydrogen-bond donors (Lipinski definition) is 3. The van der Waals surface area contributed by atoms with Crippen molar-refractivity contribution >= 4 is 35.0 Å². The van der Waals surface area contributed by atoms with E-state index >= 15 is 0 Å². The van der Waals surface area contributed by atoms with Crippen LogP contribution in [-0.4, -0.2) is 30.8 Å². The predicted octanol–water partition coefficient (Wildman–Crippen LogP) is 2.44. The summed E-state index contributed by atoms with van der Waals surface area (Å²) in [7, 11) is 0. The van der Waals surface area contributed by atoms with Gasteiger partial charge in [0.25, 0.3) is 5.91 Å². The molecule has 0 atom stereocenters. The Bertz CT molecular complexity index is 838. The third-order valence-electron chi connectivity index (χ3n) is 3.16. The summed E-state index contributed by atoms with van der Waals surface area (Å²) in [6.07, 6.45) is -3.38. The smallest absolute Gasteiger partial charge is 0.417 e. The maximum absolute atomic E-state index is 12.8. The van der Waals surface area contributed by atoms with Crippen LogP contribution in [0.4, 0.5) is 18.9 Å². The Morgan fingerprint density at radius 3 is 2.37 bits per heavy atom. The zero-order chi connectivity index (χ0) is 20.0. The Morgan fingerprint density at radius 1 is 1.04 bits per heavy atom. The van der Waals surface area contributed by atoms with Crippen LogP contribution in [0, 0.1) is 0 Å². The molecule has 0 spiro atoms. The van der Waals surface area contributed by atoms with Crippen LogP contribution in [0.5, 0.6) is 0 Å². The first-order chi connectivity index (χ1) is 12.7. The number of hydrogen-bond acceptors (Lipinski definition) is 4. The number of anilines is 1. The summed E-state index contributed by atoms with van der Waals surface area (Å²) in [5.74, 6) is -2.02. The third kappa shape index (κ3) is 6.03. The fraction of sp³-hybridized carbons (Fsp3) is 0.188. The summed E-state index contributed by atoms with van der Waals surface area (Å²) in [5, 5.41) is 6.20. The Kier molecular flexibility index (Phi) is 6.45. The van der Waals surface area contributed by atoms with E-state index in [4.69, 9.17) is 16.0 Å². The van der Waals surface area contributed by atoms with Crippen molar-refractivity contribution in [3.05, 3.63) is 52.9 Å². The minimum absolute atomic E-state index is 0.0174. The maximum atomic E-state index is 12.8. The van der Waals surface area contributed by atoms with E-state index in [1.165, 1.54) is 24.5 Å². The second kappa shape index (κ2) is 8.58. The van der Waals surface area contributed by atoms with Gasteiger partial charge in [-0.2, -0.15) is 13.2 Å². The van der Waals surface area contributed by atoms with Gasteiger partial charge in [-0.25, -0.2) is 0 Å². The molecule has 3 N–H and O–H groups in total. The lowest BCUT2D eigenvalue weighted by Gasteiger charge is -2.12.